The summed E-state index contributed by atoms with van der Waals surface area (Å²) < 4.78 is 17.2. The Hall–Kier alpha value is -3.61. The third-order valence-electron chi connectivity index (χ3n) is 4.11. The minimum Gasteiger partial charge on any atom is -0.456 e. The van der Waals surface area contributed by atoms with Crippen molar-refractivity contribution >= 4 is 17.7 Å². The molecule has 2 aromatic heterocycles. The van der Waals surface area contributed by atoms with Crippen LogP contribution in [0.3, 0.4) is 0 Å². The lowest BCUT2D eigenvalue weighted by Gasteiger charge is -2.06. The molecule has 0 unspecified atom stereocenters. The molecule has 0 fully saturated rings. The van der Waals surface area contributed by atoms with Gasteiger partial charge in [-0.1, -0.05) is 12.1 Å². The van der Waals surface area contributed by atoms with Crippen molar-refractivity contribution in [1.82, 2.24) is 9.38 Å². The van der Waals surface area contributed by atoms with E-state index in [1.54, 1.807) is 30.5 Å². The zero-order valence-corrected chi connectivity index (χ0v) is 14.5. The van der Waals surface area contributed by atoms with Crippen LogP contribution in [-0.4, -0.2) is 22.1 Å². The van der Waals surface area contributed by atoms with Crippen LogP contribution in [0, 0.1) is 6.92 Å². The Kier molecular flexibility index (Phi) is 4.33. The molecule has 0 saturated carbocycles. The van der Waals surface area contributed by atoms with Crippen molar-refractivity contribution in [2.75, 3.05) is 6.79 Å². The van der Waals surface area contributed by atoms with Gasteiger partial charge in [0.05, 0.1) is 5.69 Å². The monoisotopic (exact) mass is 364 g/mol. The second-order valence-corrected chi connectivity index (χ2v) is 6.02. The topological polar surface area (TPSA) is 79.1 Å². The number of nitrogens with zero attached hydrogens (tertiary/aromatic N) is 2. The lowest BCUT2D eigenvalue weighted by Crippen LogP contribution is -2.17. The van der Waals surface area contributed by atoms with Crippen molar-refractivity contribution in [3.63, 3.8) is 0 Å². The molecule has 0 radical (unpaired) electrons. The summed E-state index contributed by atoms with van der Waals surface area (Å²) in [6.45, 7) is 1.98. The van der Waals surface area contributed by atoms with Crippen LogP contribution >= 0.6 is 0 Å². The number of fused-ring (bicyclic) bond motifs is 2. The lowest BCUT2D eigenvalue weighted by molar-refractivity contribution is -0.139. The van der Waals surface area contributed by atoms with Gasteiger partial charge in [-0.3, -0.25) is 9.20 Å². The molecule has 7 heteroatoms. The van der Waals surface area contributed by atoms with Gasteiger partial charge in [-0.25, -0.2) is 9.78 Å². The van der Waals surface area contributed by atoms with E-state index in [4.69, 9.17) is 14.2 Å². The third kappa shape index (κ3) is 3.52. The fourth-order valence-corrected chi connectivity index (χ4v) is 2.76. The number of rotatable bonds is 4. The highest BCUT2D eigenvalue weighted by Gasteiger charge is 2.12. The Morgan fingerprint density at radius 1 is 1.26 bits per heavy atom. The molecule has 1 aliphatic rings. The molecule has 7 nitrogen and oxygen atoms in total. The van der Waals surface area contributed by atoms with Gasteiger partial charge in [0, 0.05) is 18.3 Å². The van der Waals surface area contributed by atoms with Gasteiger partial charge >= 0.3 is 5.97 Å². The molecule has 1 aliphatic heterocycles. The molecule has 0 spiro atoms. The van der Waals surface area contributed by atoms with Crippen molar-refractivity contribution < 1.29 is 19.0 Å². The number of ether oxygens (including phenoxy) is 3. The maximum absolute atomic E-state index is 12.1. The number of esters is 1. The first-order valence-corrected chi connectivity index (χ1v) is 8.32. The summed E-state index contributed by atoms with van der Waals surface area (Å²) in [5.41, 5.74) is 2.39. The molecular weight excluding hydrogens is 348 g/mol. The van der Waals surface area contributed by atoms with Crippen LogP contribution in [0.5, 0.6) is 11.5 Å². The fraction of sp³-hybridized carbons (Fsp3) is 0.150. The Balaban J connectivity index is 1.44. The summed E-state index contributed by atoms with van der Waals surface area (Å²) in [6, 6.07) is 10.4. The van der Waals surface area contributed by atoms with Crippen molar-refractivity contribution in [2.24, 2.45) is 0 Å². The van der Waals surface area contributed by atoms with Crippen LogP contribution in [0.4, 0.5) is 0 Å². The maximum atomic E-state index is 12.1. The van der Waals surface area contributed by atoms with Crippen LogP contribution < -0.4 is 15.0 Å². The summed E-state index contributed by atoms with van der Waals surface area (Å²) in [7, 11) is 0. The van der Waals surface area contributed by atoms with Crippen molar-refractivity contribution in [2.45, 2.75) is 13.5 Å². The van der Waals surface area contributed by atoms with Gasteiger partial charge in [0.2, 0.25) is 6.79 Å². The highest BCUT2D eigenvalue weighted by molar-refractivity contribution is 5.87. The Bertz CT molecular complexity index is 1120. The van der Waals surface area contributed by atoms with Crippen molar-refractivity contribution in [3.05, 3.63) is 75.8 Å². The number of carbonyl (C=O) groups is 1. The molecule has 0 saturated heterocycles. The van der Waals surface area contributed by atoms with Crippen LogP contribution in [-0.2, 0) is 16.1 Å². The number of pyridine rings is 1. The van der Waals surface area contributed by atoms with Crippen molar-refractivity contribution in [1.29, 1.82) is 0 Å². The van der Waals surface area contributed by atoms with E-state index in [0.29, 0.717) is 22.8 Å². The summed E-state index contributed by atoms with van der Waals surface area (Å²) >= 11 is 0. The first-order valence-electron chi connectivity index (χ1n) is 8.32. The Morgan fingerprint density at radius 3 is 3.00 bits per heavy atom. The molecule has 3 heterocycles. The van der Waals surface area contributed by atoms with Crippen LogP contribution in [0.15, 0.2) is 53.5 Å². The van der Waals surface area contributed by atoms with Gasteiger partial charge in [-0.05, 0) is 42.3 Å². The summed E-state index contributed by atoms with van der Waals surface area (Å²) in [5, 5.41) is 0. The maximum Gasteiger partial charge on any atom is 0.331 e. The molecule has 4 rings (SSSR count). The smallest absolute Gasteiger partial charge is 0.331 e. The SMILES string of the molecule is Cc1cccn2c(=O)cc(COC(=O)/C=C/c3ccc4c(c3)OCO4)nc12. The van der Waals surface area contributed by atoms with Crippen LogP contribution in [0.2, 0.25) is 0 Å². The number of aromatic nitrogens is 2. The zero-order valence-electron chi connectivity index (χ0n) is 14.5. The molecule has 0 N–H and O–H groups in total. The molecule has 136 valence electrons. The predicted octanol–water partition coefficient (Wildman–Crippen LogP) is 2.49. The van der Waals surface area contributed by atoms with Crippen LogP contribution in [0.25, 0.3) is 11.7 Å². The van der Waals surface area contributed by atoms with Gasteiger partial charge in [-0.2, -0.15) is 0 Å². The lowest BCUT2D eigenvalue weighted by atomic mass is 10.2. The second-order valence-electron chi connectivity index (χ2n) is 6.02. The molecule has 0 bridgehead atoms. The number of benzene rings is 1. The van der Waals surface area contributed by atoms with E-state index in [9.17, 15) is 9.59 Å². The summed E-state index contributed by atoms with van der Waals surface area (Å²) in [4.78, 5) is 28.5. The molecule has 0 amide bonds. The molecule has 1 aromatic carbocycles. The van der Waals surface area contributed by atoms with E-state index in [2.05, 4.69) is 4.98 Å². The number of aryl methyl sites for hydroxylation is 1. The first-order chi connectivity index (χ1) is 13.1. The number of hydrogen-bond donors (Lipinski definition) is 0. The van der Waals surface area contributed by atoms with E-state index in [0.717, 1.165) is 11.1 Å². The molecular formula is C20H16N2O5. The molecule has 3 aromatic rings. The van der Waals surface area contributed by atoms with E-state index < -0.39 is 5.97 Å². The van der Waals surface area contributed by atoms with E-state index in [1.165, 1.54) is 16.5 Å². The summed E-state index contributed by atoms with van der Waals surface area (Å²) in [5.74, 6) is 0.792. The van der Waals surface area contributed by atoms with Crippen LogP contribution in [0.1, 0.15) is 16.8 Å². The Labute approximate surface area is 154 Å². The van der Waals surface area contributed by atoms with E-state index in [1.807, 2.05) is 19.1 Å². The van der Waals surface area contributed by atoms with Crippen molar-refractivity contribution in [3.8, 4) is 11.5 Å². The fourth-order valence-electron chi connectivity index (χ4n) is 2.76. The number of hydrogen-bond acceptors (Lipinski definition) is 6. The molecule has 27 heavy (non-hydrogen) atoms. The standard InChI is InChI=1S/C20H16N2O5/c1-13-3-2-8-22-18(23)10-15(21-20(13)22)11-25-19(24)7-5-14-4-6-16-17(9-14)27-12-26-16/h2-10H,11-12H2,1H3/b7-5+. The van der Waals surface area contributed by atoms with Gasteiger partial charge in [0.25, 0.3) is 5.56 Å². The quantitative estimate of drug-likeness (QED) is 0.523. The minimum atomic E-state index is -0.528. The van der Waals surface area contributed by atoms with Gasteiger partial charge in [0.15, 0.2) is 11.5 Å². The van der Waals surface area contributed by atoms with Gasteiger partial charge < -0.3 is 14.2 Å². The minimum absolute atomic E-state index is 0.0790. The highest BCUT2D eigenvalue weighted by Crippen LogP contribution is 2.32. The Morgan fingerprint density at radius 2 is 2.11 bits per heavy atom. The average molecular weight is 364 g/mol. The van der Waals surface area contributed by atoms with E-state index >= 15 is 0 Å². The van der Waals surface area contributed by atoms with E-state index in [-0.39, 0.29) is 19.0 Å². The predicted molar refractivity (Wildman–Crippen MR) is 97.6 cm³/mol. The third-order valence-corrected chi connectivity index (χ3v) is 4.11. The zero-order chi connectivity index (χ0) is 18.8. The highest BCUT2D eigenvalue weighted by atomic mass is 16.7. The van der Waals surface area contributed by atoms with Gasteiger partial charge in [0.1, 0.15) is 12.3 Å². The second kappa shape index (κ2) is 6.95. The average Bonchev–Trinajstić information content (AvgIpc) is 3.13. The normalized spacial score (nSPS) is 12.6. The largest absolute Gasteiger partial charge is 0.456 e. The number of carbonyl (C=O) groups excluding carboxylic acids is 1. The molecule has 0 atom stereocenters. The summed E-state index contributed by atoms with van der Waals surface area (Å²) in [6.07, 6.45) is 4.59. The van der Waals surface area contributed by atoms with Gasteiger partial charge in [-0.15, -0.1) is 0 Å². The molecule has 0 aliphatic carbocycles. The first kappa shape index (κ1) is 16.8.